The van der Waals surface area contributed by atoms with E-state index in [0.717, 1.165) is 0 Å². The largest absolute Gasteiger partial charge is 0.390 e. The first-order chi connectivity index (χ1) is 9.04. The maximum Gasteiger partial charge on any atom is 0.0887 e. The number of hydrogen-bond donors (Lipinski definition) is 1. The van der Waals surface area contributed by atoms with E-state index in [0.29, 0.717) is 13.0 Å². The van der Waals surface area contributed by atoms with Crippen molar-refractivity contribution in [3.05, 3.63) is 48.0 Å². The highest BCUT2D eigenvalue weighted by molar-refractivity contribution is 5.85. The van der Waals surface area contributed by atoms with E-state index in [4.69, 9.17) is 4.74 Å². The second-order valence-corrected chi connectivity index (χ2v) is 5.39. The van der Waals surface area contributed by atoms with Crippen molar-refractivity contribution in [2.75, 3.05) is 6.61 Å². The van der Waals surface area contributed by atoms with E-state index in [-0.39, 0.29) is 0 Å². The second-order valence-electron chi connectivity index (χ2n) is 5.39. The van der Waals surface area contributed by atoms with Gasteiger partial charge in [0.15, 0.2) is 0 Å². The molecule has 0 bridgehead atoms. The van der Waals surface area contributed by atoms with Crippen molar-refractivity contribution in [1.29, 1.82) is 0 Å². The van der Waals surface area contributed by atoms with Crippen molar-refractivity contribution in [2.45, 2.75) is 38.9 Å². The molecule has 19 heavy (non-hydrogen) atoms. The lowest BCUT2D eigenvalue weighted by Gasteiger charge is -2.30. The smallest absolute Gasteiger partial charge is 0.0887 e. The van der Waals surface area contributed by atoms with Gasteiger partial charge in [0.1, 0.15) is 0 Å². The Kier molecular flexibility index (Phi) is 4.23. The van der Waals surface area contributed by atoms with E-state index in [9.17, 15) is 5.11 Å². The molecule has 1 atom stereocenters. The summed E-state index contributed by atoms with van der Waals surface area (Å²) in [5.74, 6) is 0. The highest BCUT2D eigenvalue weighted by atomic mass is 16.5. The Hall–Kier alpha value is -1.38. The molecule has 0 radical (unpaired) electrons. The molecule has 1 N–H and O–H groups in total. The summed E-state index contributed by atoms with van der Waals surface area (Å²) in [4.78, 5) is 0. The van der Waals surface area contributed by atoms with Crippen LogP contribution < -0.4 is 0 Å². The standard InChI is InChI=1S/C17H22O2/c1-4-19-17(2,3)16(18)12-14-10-7-9-13-8-5-6-11-15(13)14/h5-11,16,18H,4,12H2,1-3H3. The lowest BCUT2D eigenvalue weighted by molar-refractivity contribution is -0.0954. The fourth-order valence-electron chi connectivity index (χ4n) is 2.39. The van der Waals surface area contributed by atoms with Gasteiger partial charge < -0.3 is 9.84 Å². The molecule has 0 spiro atoms. The highest BCUT2D eigenvalue weighted by Gasteiger charge is 2.28. The predicted octanol–water partition coefficient (Wildman–Crippen LogP) is 3.56. The SMILES string of the molecule is CCOC(C)(C)C(O)Cc1cccc2ccccc12. The second kappa shape index (κ2) is 5.72. The molecule has 0 saturated heterocycles. The normalized spacial score (nSPS) is 13.7. The predicted molar refractivity (Wildman–Crippen MR) is 79.4 cm³/mol. The zero-order valence-electron chi connectivity index (χ0n) is 11.9. The third kappa shape index (κ3) is 3.14. The molecule has 2 heteroatoms. The van der Waals surface area contributed by atoms with Crippen LogP contribution in [0.2, 0.25) is 0 Å². The Morgan fingerprint density at radius 2 is 1.79 bits per heavy atom. The molecule has 0 amide bonds. The molecule has 0 saturated carbocycles. The molecule has 0 heterocycles. The van der Waals surface area contributed by atoms with Gasteiger partial charge >= 0.3 is 0 Å². The fraction of sp³-hybridized carbons (Fsp3) is 0.412. The Bertz CT molecular complexity index is 540. The summed E-state index contributed by atoms with van der Waals surface area (Å²) in [6, 6.07) is 14.5. The van der Waals surface area contributed by atoms with Gasteiger partial charge in [-0.2, -0.15) is 0 Å². The Balaban J connectivity index is 2.26. The maximum absolute atomic E-state index is 10.4. The van der Waals surface area contributed by atoms with Gasteiger partial charge in [-0.3, -0.25) is 0 Å². The van der Waals surface area contributed by atoms with E-state index in [1.807, 2.05) is 39.0 Å². The summed E-state index contributed by atoms with van der Waals surface area (Å²) >= 11 is 0. The summed E-state index contributed by atoms with van der Waals surface area (Å²) < 4.78 is 5.63. The molecule has 0 fully saturated rings. The third-order valence-corrected chi connectivity index (χ3v) is 3.61. The molecule has 1 unspecified atom stereocenters. The van der Waals surface area contributed by atoms with Gasteiger partial charge in [0.25, 0.3) is 0 Å². The van der Waals surface area contributed by atoms with Crippen molar-refractivity contribution in [3.63, 3.8) is 0 Å². The topological polar surface area (TPSA) is 29.5 Å². The minimum atomic E-state index is -0.522. The van der Waals surface area contributed by atoms with Crippen molar-refractivity contribution in [2.24, 2.45) is 0 Å². The Morgan fingerprint density at radius 3 is 2.53 bits per heavy atom. The van der Waals surface area contributed by atoms with Crippen LogP contribution in [0, 0.1) is 0 Å². The van der Waals surface area contributed by atoms with Crippen LogP contribution in [0.1, 0.15) is 26.3 Å². The number of ether oxygens (including phenoxy) is 1. The monoisotopic (exact) mass is 258 g/mol. The quantitative estimate of drug-likeness (QED) is 0.888. The van der Waals surface area contributed by atoms with Crippen LogP contribution in [0.25, 0.3) is 10.8 Å². The summed E-state index contributed by atoms with van der Waals surface area (Å²) in [6.45, 7) is 6.44. The van der Waals surface area contributed by atoms with E-state index in [1.54, 1.807) is 0 Å². The van der Waals surface area contributed by atoms with Crippen LogP contribution in [-0.2, 0) is 11.2 Å². The van der Waals surface area contributed by atoms with E-state index in [1.165, 1.54) is 16.3 Å². The molecular formula is C17H22O2. The maximum atomic E-state index is 10.4. The molecule has 0 aromatic heterocycles. The summed E-state index contributed by atoms with van der Waals surface area (Å²) in [5.41, 5.74) is 0.643. The number of benzene rings is 2. The molecule has 0 aliphatic heterocycles. The zero-order chi connectivity index (χ0) is 13.9. The van der Waals surface area contributed by atoms with Crippen molar-refractivity contribution >= 4 is 10.8 Å². The third-order valence-electron chi connectivity index (χ3n) is 3.61. The molecule has 2 rings (SSSR count). The summed E-state index contributed by atoms with van der Waals surface area (Å²) in [5, 5.41) is 12.8. The number of aliphatic hydroxyl groups is 1. The molecule has 0 aliphatic carbocycles. The molecule has 2 nitrogen and oxygen atoms in total. The van der Waals surface area contributed by atoms with Gasteiger partial charge in [0.05, 0.1) is 11.7 Å². The van der Waals surface area contributed by atoms with Crippen molar-refractivity contribution in [1.82, 2.24) is 0 Å². The molecule has 2 aromatic rings. The molecular weight excluding hydrogens is 236 g/mol. The van der Waals surface area contributed by atoms with Gasteiger partial charge in [-0.05, 0) is 37.1 Å². The van der Waals surface area contributed by atoms with E-state index < -0.39 is 11.7 Å². The number of aliphatic hydroxyl groups excluding tert-OH is 1. The summed E-state index contributed by atoms with van der Waals surface area (Å²) in [7, 11) is 0. The van der Waals surface area contributed by atoms with E-state index in [2.05, 4.69) is 24.3 Å². The van der Waals surface area contributed by atoms with Gasteiger partial charge in [-0.15, -0.1) is 0 Å². The highest BCUT2D eigenvalue weighted by Crippen LogP contribution is 2.24. The lowest BCUT2D eigenvalue weighted by Crippen LogP contribution is -2.40. The molecule has 102 valence electrons. The van der Waals surface area contributed by atoms with Crippen LogP contribution >= 0.6 is 0 Å². The first kappa shape index (κ1) is 14.0. The first-order valence-electron chi connectivity index (χ1n) is 6.83. The minimum Gasteiger partial charge on any atom is -0.390 e. The van der Waals surface area contributed by atoms with Gasteiger partial charge in [0.2, 0.25) is 0 Å². The number of fused-ring (bicyclic) bond motifs is 1. The number of rotatable bonds is 5. The van der Waals surface area contributed by atoms with Crippen LogP contribution in [-0.4, -0.2) is 23.4 Å². The Labute approximate surface area is 115 Å². The molecule has 2 aromatic carbocycles. The average Bonchev–Trinajstić information content (AvgIpc) is 2.39. The average molecular weight is 258 g/mol. The first-order valence-corrected chi connectivity index (χ1v) is 6.83. The fourth-order valence-corrected chi connectivity index (χ4v) is 2.39. The van der Waals surface area contributed by atoms with Crippen molar-refractivity contribution < 1.29 is 9.84 Å². The van der Waals surface area contributed by atoms with Gasteiger partial charge in [0, 0.05) is 13.0 Å². The minimum absolute atomic E-state index is 0.516. The summed E-state index contributed by atoms with van der Waals surface area (Å²) in [6.07, 6.45) is 0.0900. The van der Waals surface area contributed by atoms with Gasteiger partial charge in [-0.1, -0.05) is 42.5 Å². The van der Waals surface area contributed by atoms with Crippen molar-refractivity contribution in [3.8, 4) is 0 Å². The van der Waals surface area contributed by atoms with E-state index >= 15 is 0 Å². The van der Waals surface area contributed by atoms with Crippen LogP contribution in [0.5, 0.6) is 0 Å². The zero-order valence-corrected chi connectivity index (χ0v) is 11.9. The van der Waals surface area contributed by atoms with Crippen LogP contribution in [0.4, 0.5) is 0 Å². The Morgan fingerprint density at radius 1 is 1.11 bits per heavy atom. The lowest BCUT2D eigenvalue weighted by atomic mass is 9.92. The van der Waals surface area contributed by atoms with Crippen LogP contribution in [0.3, 0.4) is 0 Å². The van der Waals surface area contributed by atoms with Crippen LogP contribution in [0.15, 0.2) is 42.5 Å². The van der Waals surface area contributed by atoms with Gasteiger partial charge in [-0.25, -0.2) is 0 Å². The number of hydrogen-bond acceptors (Lipinski definition) is 2. The molecule has 0 aliphatic rings.